The molecule has 6 heteroatoms. The summed E-state index contributed by atoms with van der Waals surface area (Å²) in [5, 5.41) is 2.19. The van der Waals surface area contributed by atoms with Crippen molar-refractivity contribution in [1.82, 2.24) is 14.5 Å². The Kier molecular flexibility index (Phi) is 10.2. The molecule has 3 heterocycles. The van der Waals surface area contributed by atoms with Crippen LogP contribution in [0.15, 0.2) is 114 Å². The molecule has 0 amide bonds. The Morgan fingerprint density at radius 2 is 1.51 bits per heavy atom. The molecule has 0 aliphatic carbocycles. The molecular formula is C45H43GeIrN3O-2. The summed E-state index contributed by atoms with van der Waals surface area (Å²) in [4.78, 5) is 9.68. The molecule has 5 aromatic carbocycles. The van der Waals surface area contributed by atoms with Crippen molar-refractivity contribution in [2.45, 2.75) is 57.8 Å². The van der Waals surface area contributed by atoms with Crippen molar-refractivity contribution in [2.75, 3.05) is 0 Å². The quantitative estimate of drug-likeness (QED) is 0.128. The second-order valence-corrected chi connectivity index (χ2v) is 24.9. The van der Waals surface area contributed by atoms with Crippen LogP contribution in [0.5, 0.6) is 0 Å². The Balaban J connectivity index is 0.000000193. The molecule has 0 N–H and O–H groups in total. The van der Waals surface area contributed by atoms with E-state index < -0.39 is 19.2 Å². The summed E-state index contributed by atoms with van der Waals surface area (Å²) in [6, 6.07) is 41.5. The van der Waals surface area contributed by atoms with Crippen molar-refractivity contribution >= 4 is 50.6 Å². The largest absolute Gasteiger partial charge is 0 e. The molecule has 0 aliphatic rings. The summed E-state index contributed by atoms with van der Waals surface area (Å²) in [7, 11) is 0. The number of benzene rings is 5. The van der Waals surface area contributed by atoms with Gasteiger partial charge in [0.15, 0.2) is 0 Å². The molecule has 1 radical (unpaired) electrons. The first-order valence-electron chi connectivity index (χ1n) is 17.7. The fourth-order valence-electron chi connectivity index (χ4n) is 6.97. The first kappa shape index (κ1) is 35.1. The zero-order valence-corrected chi connectivity index (χ0v) is 35.0. The van der Waals surface area contributed by atoms with E-state index in [0.29, 0.717) is 0 Å². The number of aryl methyl sites for hydroxylation is 3. The zero-order valence-electron chi connectivity index (χ0n) is 31.5. The molecule has 8 aromatic rings. The van der Waals surface area contributed by atoms with Gasteiger partial charge in [0.1, 0.15) is 5.58 Å². The van der Waals surface area contributed by atoms with Gasteiger partial charge in [-0.25, -0.2) is 0 Å². The van der Waals surface area contributed by atoms with Gasteiger partial charge < -0.3 is 8.98 Å². The molecule has 4 nitrogen and oxygen atoms in total. The van der Waals surface area contributed by atoms with Gasteiger partial charge in [0.2, 0.25) is 0 Å². The fourth-order valence-corrected chi connectivity index (χ4v) is 10.3. The molecule has 51 heavy (non-hydrogen) atoms. The fraction of sp³-hybridized carbons (Fsp3) is 0.200. The van der Waals surface area contributed by atoms with E-state index in [2.05, 4.69) is 108 Å². The minimum absolute atomic E-state index is 0. The first-order valence-corrected chi connectivity index (χ1v) is 24.5. The van der Waals surface area contributed by atoms with Crippen LogP contribution in [-0.2, 0) is 20.1 Å². The molecule has 0 aliphatic heterocycles. The van der Waals surface area contributed by atoms with Crippen LogP contribution in [0.2, 0.25) is 17.3 Å². The van der Waals surface area contributed by atoms with Crippen LogP contribution in [0, 0.1) is 32.9 Å². The van der Waals surface area contributed by atoms with Crippen molar-refractivity contribution in [3.8, 4) is 28.3 Å². The predicted octanol–water partition coefficient (Wildman–Crippen LogP) is 11.5. The number of imidazole rings is 1. The topological polar surface area (TPSA) is 43.9 Å². The molecule has 259 valence electrons. The van der Waals surface area contributed by atoms with Crippen molar-refractivity contribution < 1.29 is 25.9 Å². The van der Waals surface area contributed by atoms with Crippen LogP contribution < -0.4 is 4.40 Å². The van der Waals surface area contributed by atoms with Crippen LogP contribution in [0.4, 0.5) is 0 Å². The third-order valence-corrected chi connectivity index (χ3v) is 13.4. The van der Waals surface area contributed by atoms with Crippen molar-refractivity contribution in [2.24, 2.45) is 0 Å². The van der Waals surface area contributed by atoms with Gasteiger partial charge in [0.05, 0.1) is 22.4 Å². The summed E-state index contributed by atoms with van der Waals surface area (Å²) in [6.45, 7) is 10.4. The number of furan rings is 1. The third-order valence-electron chi connectivity index (χ3n) is 9.22. The summed E-state index contributed by atoms with van der Waals surface area (Å²) in [5.74, 6) is 7.29. The van der Waals surface area contributed by atoms with E-state index in [9.17, 15) is 0 Å². The van der Waals surface area contributed by atoms with E-state index in [1.54, 1.807) is 0 Å². The van der Waals surface area contributed by atoms with Crippen molar-refractivity contribution in [1.29, 1.82) is 0 Å². The summed E-state index contributed by atoms with van der Waals surface area (Å²) in [5.41, 5.74) is 12.5. The smallest absolute Gasteiger partial charge is 0 e. The second-order valence-electron chi connectivity index (χ2n) is 14.3. The van der Waals surface area contributed by atoms with E-state index in [1.165, 1.54) is 21.1 Å². The molecule has 0 unspecified atom stereocenters. The van der Waals surface area contributed by atoms with Crippen LogP contribution in [0.25, 0.3) is 61.3 Å². The maximum atomic E-state index is 8.44. The Labute approximate surface area is 319 Å². The number of nitrogens with zero attached hydrogens (tertiary/aromatic N) is 3. The average molecular weight is 908 g/mol. The van der Waals surface area contributed by atoms with Gasteiger partial charge in [-0.1, -0.05) is 59.0 Å². The van der Waals surface area contributed by atoms with Gasteiger partial charge in [-0.15, -0.1) is 18.2 Å². The summed E-state index contributed by atoms with van der Waals surface area (Å²) < 4.78 is 18.4. The molecule has 8 rings (SSSR count). The minimum Gasteiger partial charge on any atom is 0 e. The molecule has 0 saturated heterocycles. The van der Waals surface area contributed by atoms with E-state index in [-0.39, 0.29) is 20.1 Å². The van der Waals surface area contributed by atoms with Gasteiger partial charge in [-0.3, -0.25) is 4.98 Å². The maximum Gasteiger partial charge on any atom is 0 e. The SMILES string of the molecule is Cc1cc(C)c(-n2c(-c3[c-]ccc4c3oc3ccccc34)nc3ccccc32)c(C)c1.[2H]C(C)(C)c1cc(-c2[c-]cccc2)nc[c]1[Ge]([CH3])([CH3])[CH3].[Ir]. The van der Waals surface area contributed by atoms with Crippen molar-refractivity contribution in [3.05, 3.63) is 144 Å². The minimum atomic E-state index is -2.03. The second kappa shape index (κ2) is 14.8. The molecule has 0 atom stereocenters. The molecule has 0 fully saturated rings. The van der Waals surface area contributed by atoms with E-state index in [4.69, 9.17) is 10.8 Å². The van der Waals surface area contributed by atoms with E-state index in [0.717, 1.165) is 66.9 Å². The van der Waals surface area contributed by atoms with Gasteiger partial charge >= 0.3 is 120 Å². The number of para-hydroxylation sites is 3. The normalized spacial score (nSPS) is 12.0. The predicted molar refractivity (Wildman–Crippen MR) is 212 cm³/mol. The number of fused-ring (bicyclic) bond motifs is 4. The van der Waals surface area contributed by atoms with Crippen molar-refractivity contribution in [3.63, 3.8) is 0 Å². The number of aromatic nitrogens is 3. The number of hydrogen-bond donors (Lipinski definition) is 0. The molecular weight excluding hydrogens is 863 g/mol. The Morgan fingerprint density at radius 1 is 0.804 bits per heavy atom. The number of pyridine rings is 1. The molecule has 3 aromatic heterocycles. The molecule has 0 bridgehead atoms. The van der Waals surface area contributed by atoms with Crippen LogP contribution in [0.3, 0.4) is 0 Å². The number of rotatable bonds is 5. The molecule has 0 spiro atoms. The monoisotopic (exact) mass is 909 g/mol. The summed E-state index contributed by atoms with van der Waals surface area (Å²) >= 11 is -2.03. The van der Waals surface area contributed by atoms with Crippen LogP contribution >= 0.6 is 0 Å². The van der Waals surface area contributed by atoms with E-state index >= 15 is 0 Å². The van der Waals surface area contributed by atoms with Gasteiger partial charge in [-0.05, 0) is 50.1 Å². The zero-order chi connectivity index (χ0) is 36.1. The molecule has 0 saturated carbocycles. The average Bonchev–Trinajstić information content (AvgIpc) is 3.66. The Bertz CT molecular complexity index is 2520. The Hall–Kier alpha value is -4.29. The van der Waals surface area contributed by atoms with Gasteiger partial charge in [0.25, 0.3) is 0 Å². The van der Waals surface area contributed by atoms with Gasteiger partial charge in [0, 0.05) is 31.2 Å². The third kappa shape index (κ3) is 7.13. The van der Waals surface area contributed by atoms with Crippen LogP contribution in [-0.4, -0.2) is 27.8 Å². The van der Waals surface area contributed by atoms with Gasteiger partial charge in [-0.2, -0.15) is 0 Å². The number of hydrogen-bond acceptors (Lipinski definition) is 3. The van der Waals surface area contributed by atoms with Crippen LogP contribution in [0.1, 0.15) is 43.4 Å². The first-order chi connectivity index (χ1) is 24.3. The maximum absolute atomic E-state index is 8.44. The standard InChI is InChI=1S/C28H21N2O.C17H22GeN.Ir/c1-17-15-18(2)26(19(3)16-17)30-24-13-6-5-12-23(24)29-28(30)22-11-8-10-21-20-9-4-7-14-25(20)31-27(21)22;1-13(2)15-11-17(14-9-7-6-8-10-14)19-12-16(15)18(3,4)5;/h4-10,12-16H,1-3H3;6-9,11-13H,1-5H3;/q2*-1;/i;13D;. The summed E-state index contributed by atoms with van der Waals surface area (Å²) in [6.07, 6.45) is 2.00. The van der Waals surface area contributed by atoms with E-state index in [1.807, 2.05) is 74.6 Å². The Morgan fingerprint density at radius 3 is 2.22 bits per heavy atom.